The molecule has 18 heavy (non-hydrogen) atoms. The van der Waals surface area contributed by atoms with Crippen LogP contribution in [0.1, 0.15) is 10.4 Å². The average molecular weight is 261 g/mol. The number of benzene rings is 1. The zero-order valence-electron chi connectivity index (χ0n) is 9.66. The number of rotatable bonds is 4. The van der Waals surface area contributed by atoms with E-state index in [0.717, 1.165) is 15.7 Å². The summed E-state index contributed by atoms with van der Waals surface area (Å²) in [6.45, 7) is 0. The summed E-state index contributed by atoms with van der Waals surface area (Å²) in [5.41, 5.74) is 0.180. The van der Waals surface area contributed by atoms with Crippen molar-refractivity contribution < 1.29 is 14.6 Å². The van der Waals surface area contributed by atoms with E-state index >= 15 is 0 Å². The van der Waals surface area contributed by atoms with E-state index in [0.29, 0.717) is 0 Å². The van der Waals surface area contributed by atoms with Crippen LogP contribution in [0.25, 0.3) is 0 Å². The van der Waals surface area contributed by atoms with Crippen molar-refractivity contribution in [3.63, 3.8) is 0 Å². The molecule has 0 saturated carbocycles. The summed E-state index contributed by atoms with van der Waals surface area (Å²) in [5.74, 6) is -0.206. The smallest absolute Gasteiger partial charge is 0.337 e. The van der Waals surface area contributed by atoms with Gasteiger partial charge in [-0.25, -0.2) is 9.78 Å². The molecule has 0 saturated heterocycles. The number of para-hydroxylation sites is 1. The first kappa shape index (κ1) is 12.4. The fourth-order valence-electron chi connectivity index (χ4n) is 1.38. The highest BCUT2D eigenvalue weighted by molar-refractivity contribution is 7.99. The van der Waals surface area contributed by atoms with Crippen LogP contribution in [-0.4, -0.2) is 23.2 Å². The van der Waals surface area contributed by atoms with Gasteiger partial charge in [0, 0.05) is 6.20 Å². The lowest BCUT2D eigenvalue weighted by Gasteiger charge is -2.06. The number of methoxy groups -OCH3 is 1. The van der Waals surface area contributed by atoms with Crippen LogP contribution in [0, 0.1) is 0 Å². The third-order valence-electron chi connectivity index (χ3n) is 2.27. The van der Waals surface area contributed by atoms with Crippen LogP contribution in [0.15, 0.2) is 52.5 Å². The number of aromatic carboxylic acids is 1. The van der Waals surface area contributed by atoms with Crippen LogP contribution in [0.4, 0.5) is 0 Å². The lowest BCUT2D eigenvalue weighted by molar-refractivity contribution is 0.0696. The molecule has 1 aromatic heterocycles. The van der Waals surface area contributed by atoms with Crippen molar-refractivity contribution in [2.75, 3.05) is 7.11 Å². The van der Waals surface area contributed by atoms with Crippen molar-refractivity contribution in [3.05, 3.63) is 48.2 Å². The van der Waals surface area contributed by atoms with Crippen LogP contribution in [0.2, 0.25) is 0 Å². The van der Waals surface area contributed by atoms with Gasteiger partial charge in [-0.15, -0.1) is 0 Å². The van der Waals surface area contributed by atoms with E-state index < -0.39 is 5.97 Å². The van der Waals surface area contributed by atoms with Crippen molar-refractivity contribution >= 4 is 17.7 Å². The van der Waals surface area contributed by atoms with E-state index in [1.54, 1.807) is 13.2 Å². The number of carbonyl (C=O) groups is 1. The van der Waals surface area contributed by atoms with Gasteiger partial charge in [0.1, 0.15) is 10.8 Å². The second kappa shape index (κ2) is 5.55. The van der Waals surface area contributed by atoms with Crippen molar-refractivity contribution in [1.82, 2.24) is 4.98 Å². The third-order valence-corrected chi connectivity index (χ3v) is 3.27. The molecule has 0 bridgehead atoms. The zero-order valence-corrected chi connectivity index (χ0v) is 10.5. The number of carboxylic acid groups (broad SMARTS) is 1. The number of ether oxygens (including phenoxy) is 1. The maximum absolute atomic E-state index is 10.7. The summed E-state index contributed by atoms with van der Waals surface area (Å²) in [5, 5.41) is 9.51. The number of aromatic nitrogens is 1. The lowest BCUT2D eigenvalue weighted by atomic mass is 10.3. The Balaban J connectivity index is 2.21. The monoisotopic (exact) mass is 261 g/mol. The number of hydrogen-bond donors (Lipinski definition) is 1. The summed E-state index contributed by atoms with van der Waals surface area (Å²) >= 11 is 1.43. The minimum Gasteiger partial charge on any atom is -0.496 e. The van der Waals surface area contributed by atoms with Gasteiger partial charge in [0.05, 0.1) is 17.6 Å². The molecule has 2 rings (SSSR count). The Bertz CT molecular complexity index is 554. The summed E-state index contributed by atoms with van der Waals surface area (Å²) in [7, 11) is 1.61. The summed E-state index contributed by atoms with van der Waals surface area (Å²) in [6, 6.07) is 10.8. The molecule has 0 spiro atoms. The predicted molar refractivity (Wildman–Crippen MR) is 68.3 cm³/mol. The molecule has 5 heteroatoms. The van der Waals surface area contributed by atoms with Gasteiger partial charge in [-0.05, 0) is 24.3 Å². The van der Waals surface area contributed by atoms with Gasteiger partial charge < -0.3 is 9.84 Å². The van der Waals surface area contributed by atoms with E-state index in [9.17, 15) is 4.79 Å². The average Bonchev–Trinajstić information content (AvgIpc) is 2.40. The molecule has 1 heterocycles. The third kappa shape index (κ3) is 2.81. The standard InChI is InChI=1S/C13H11NO3S/c1-17-10-4-2-3-5-11(10)18-12-7-6-9(8-14-12)13(15)16/h2-8H,1H3,(H,15,16). The van der Waals surface area contributed by atoms with E-state index in [1.165, 1.54) is 24.0 Å². The summed E-state index contributed by atoms with van der Waals surface area (Å²) in [4.78, 5) is 15.7. The quantitative estimate of drug-likeness (QED) is 0.917. The molecule has 2 aromatic rings. The van der Waals surface area contributed by atoms with Gasteiger partial charge in [0.15, 0.2) is 0 Å². The van der Waals surface area contributed by atoms with Crippen LogP contribution < -0.4 is 4.74 Å². The van der Waals surface area contributed by atoms with Gasteiger partial charge in [-0.1, -0.05) is 23.9 Å². The number of pyridine rings is 1. The summed E-state index contributed by atoms with van der Waals surface area (Å²) < 4.78 is 5.24. The Hall–Kier alpha value is -2.01. The van der Waals surface area contributed by atoms with Crippen LogP contribution in [-0.2, 0) is 0 Å². The molecule has 0 aliphatic heterocycles. The molecule has 92 valence electrons. The van der Waals surface area contributed by atoms with E-state index in [1.807, 2.05) is 24.3 Å². The summed E-state index contributed by atoms with van der Waals surface area (Å²) in [6.07, 6.45) is 1.35. The second-order valence-electron chi connectivity index (χ2n) is 3.44. The Labute approximate surface area is 109 Å². The largest absolute Gasteiger partial charge is 0.496 e. The molecule has 0 radical (unpaired) electrons. The van der Waals surface area contributed by atoms with E-state index in [-0.39, 0.29) is 5.56 Å². The minimum absolute atomic E-state index is 0.180. The Morgan fingerprint density at radius 3 is 2.67 bits per heavy atom. The highest BCUT2D eigenvalue weighted by Crippen LogP contribution is 2.33. The predicted octanol–water partition coefficient (Wildman–Crippen LogP) is 2.94. The molecule has 1 N–H and O–H groups in total. The number of hydrogen-bond acceptors (Lipinski definition) is 4. The molecule has 4 nitrogen and oxygen atoms in total. The van der Waals surface area contributed by atoms with Gasteiger partial charge in [0.25, 0.3) is 0 Å². The Morgan fingerprint density at radius 1 is 1.28 bits per heavy atom. The fraction of sp³-hybridized carbons (Fsp3) is 0.0769. The fourth-order valence-corrected chi connectivity index (χ4v) is 2.25. The van der Waals surface area contributed by atoms with Gasteiger partial charge in [0.2, 0.25) is 0 Å². The van der Waals surface area contributed by atoms with Gasteiger partial charge >= 0.3 is 5.97 Å². The highest BCUT2D eigenvalue weighted by Gasteiger charge is 2.07. The van der Waals surface area contributed by atoms with Crippen molar-refractivity contribution in [2.24, 2.45) is 0 Å². The molecule has 0 unspecified atom stereocenters. The van der Waals surface area contributed by atoms with Crippen LogP contribution in [0.3, 0.4) is 0 Å². The number of carboxylic acids is 1. The lowest BCUT2D eigenvalue weighted by Crippen LogP contribution is -1.96. The van der Waals surface area contributed by atoms with E-state index in [2.05, 4.69) is 4.98 Å². The number of nitrogens with zero attached hydrogens (tertiary/aromatic N) is 1. The molecule has 1 aromatic carbocycles. The maximum Gasteiger partial charge on any atom is 0.337 e. The SMILES string of the molecule is COc1ccccc1Sc1ccc(C(=O)O)cn1. The maximum atomic E-state index is 10.7. The minimum atomic E-state index is -0.976. The van der Waals surface area contributed by atoms with Crippen molar-refractivity contribution in [3.8, 4) is 5.75 Å². The topological polar surface area (TPSA) is 59.4 Å². The highest BCUT2D eigenvalue weighted by atomic mass is 32.2. The Morgan fingerprint density at radius 2 is 2.06 bits per heavy atom. The molecule has 0 atom stereocenters. The van der Waals surface area contributed by atoms with Gasteiger partial charge in [-0.3, -0.25) is 0 Å². The molecule has 0 fully saturated rings. The first-order chi connectivity index (χ1) is 8.70. The zero-order chi connectivity index (χ0) is 13.0. The molecule has 0 aliphatic carbocycles. The molecule has 0 amide bonds. The first-order valence-electron chi connectivity index (χ1n) is 5.21. The molecular formula is C13H11NO3S. The normalized spacial score (nSPS) is 10.1. The van der Waals surface area contributed by atoms with Crippen molar-refractivity contribution in [1.29, 1.82) is 0 Å². The molecule has 0 aliphatic rings. The van der Waals surface area contributed by atoms with Crippen molar-refractivity contribution in [2.45, 2.75) is 9.92 Å². The van der Waals surface area contributed by atoms with Crippen LogP contribution in [0.5, 0.6) is 5.75 Å². The van der Waals surface area contributed by atoms with E-state index in [4.69, 9.17) is 9.84 Å². The second-order valence-corrected chi connectivity index (χ2v) is 4.51. The first-order valence-corrected chi connectivity index (χ1v) is 6.02. The van der Waals surface area contributed by atoms with Crippen LogP contribution >= 0.6 is 11.8 Å². The van der Waals surface area contributed by atoms with Gasteiger partial charge in [-0.2, -0.15) is 0 Å². The Kier molecular flexibility index (Phi) is 3.84. The molecular weight excluding hydrogens is 250 g/mol.